The van der Waals surface area contributed by atoms with E-state index in [0.717, 1.165) is 40.5 Å². The van der Waals surface area contributed by atoms with Crippen LogP contribution >= 0.6 is 11.3 Å². The van der Waals surface area contributed by atoms with Crippen LogP contribution in [0.15, 0.2) is 48.5 Å². The van der Waals surface area contributed by atoms with Gasteiger partial charge < -0.3 is 10.6 Å². The number of hydrogen-bond donors (Lipinski definition) is 2. The van der Waals surface area contributed by atoms with Gasteiger partial charge in [0, 0.05) is 27.7 Å². The van der Waals surface area contributed by atoms with E-state index in [0.29, 0.717) is 11.6 Å². The summed E-state index contributed by atoms with van der Waals surface area (Å²) in [7, 11) is 0. The van der Waals surface area contributed by atoms with Gasteiger partial charge in [0.1, 0.15) is 0 Å². The molecule has 0 unspecified atom stereocenters. The number of nitrogens with zero attached hydrogens (tertiary/aromatic N) is 1. The van der Waals surface area contributed by atoms with Crippen LogP contribution in [-0.2, 0) is 0 Å². The molecule has 1 aliphatic carbocycles. The fourth-order valence-electron chi connectivity index (χ4n) is 2.82. The molecule has 26 heavy (non-hydrogen) atoms. The smallest absolute Gasteiger partial charge is 0.251 e. The van der Waals surface area contributed by atoms with Gasteiger partial charge in [0.2, 0.25) is 0 Å². The number of aromatic nitrogens is 1. The molecule has 4 rings (SSSR count). The van der Waals surface area contributed by atoms with E-state index in [1.807, 2.05) is 43.3 Å². The highest BCUT2D eigenvalue weighted by molar-refractivity contribution is 7.16. The second-order valence-electron chi connectivity index (χ2n) is 6.69. The van der Waals surface area contributed by atoms with Gasteiger partial charge in [-0.1, -0.05) is 36.4 Å². The van der Waals surface area contributed by atoms with Gasteiger partial charge in [-0.15, -0.1) is 11.3 Å². The number of carbonyl (C=O) groups excluding carboxylic acids is 1. The van der Waals surface area contributed by atoms with Gasteiger partial charge in [-0.2, -0.15) is 0 Å². The molecule has 2 N–H and O–H groups in total. The summed E-state index contributed by atoms with van der Waals surface area (Å²) in [5.74, 6) is -0.00385. The lowest BCUT2D eigenvalue weighted by Crippen LogP contribution is -2.25. The third-order valence-electron chi connectivity index (χ3n) is 4.50. The van der Waals surface area contributed by atoms with Crippen molar-refractivity contribution < 1.29 is 4.79 Å². The first-order valence-corrected chi connectivity index (χ1v) is 9.63. The van der Waals surface area contributed by atoms with E-state index < -0.39 is 0 Å². The molecule has 4 nitrogen and oxygen atoms in total. The van der Waals surface area contributed by atoms with Crippen molar-refractivity contribution >= 4 is 28.1 Å². The molecule has 1 amide bonds. The molecule has 3 aromatic rings. The molecular weight excluding hydrogens is 342 g/mol. The largest absolute Gasteiger partial charge is 0.349 e. The van der Waals surface area contributed by atoms with Crippen LogP contribution in [0.2, 0.25) is 0 Å². The molecule has 1 fully saturated rings. The molecule has 132 valence electrons. The van der Waals surface area contributed by atoms with Gasteiger partial charge in [0.25, 0.3) is 5.91 Å². The van der Waals surface area contributed by atoms with Crippen molar-refractivity contribution in [3.63, 3.8) is 0 Å². The average Bonchev–Trinajstić information content (AvgIpc) is 3.38. The van der Waals surface area contributed by atoms with E-state index in [4.69, 9.17) is 4.98 Å². The highest BCUT2D eigenvalue weighted by Gasteiger charge is 2.24. The first kappa shape index (κ1) is 16.8. The minimum Gasteiger partial charge on any atom is -0.349 e. The van der Waals surface area contributed by atoms with Gasteiger partial charge in [-0.3, -0.25) is 4.79 Å². The number of aryl methyl sites for hydroxylation is 2. The normalized spacial score (nSPS) is 13.5. The van der Waals surface area contributed by atoms with E-state index in [2.05, 4.69) is 29.7 Å². The third-order valence-corrected chi connectivity index (χ3v) is 5.38. The molecular formula is C21H21N3OS. The number of thiazole rings is 1. The molecule has 0 bridgehead atoms. The molecule has 2 aromatic carbocycles. The Morgan fingerprint density at radius 3 is 2.62 bits per heavy atom. The molecule has 0 radical (unpaired) electrons. The fraction of sp³-hybridized carbons (Fsp3) is 0.238. The monoisotopic (exact) mass is 363 g/mol. The Balaban J connectivity index is 1.58. The summed E-state index contributed by atoms with van der Waals surface area (Å²) in [5, 5.41) is 7.27. The van der Waals surface area contributed by atoms with Gasteiger partial charge in [0.05, 0.1) is 5.69 Å². The van der Waals surface area contributed by atoms with Crippen molar-refractivity contribution in [3.05, 3.63) is 64.5 Å². The van der Waals surface area contributed by atoms with Crippen LogP contribution in [0.1, 0.15) is 33.6 Å². The first-order valence-electron chi connectivity index (χ1n) is 8.81. The lowest BCUT2D eigenvalue weighted by molar-refractivity contribution is 0.0951. The molecule has 0 spiro atoms. The van der Waals surface area contributed by atoms with Crippen molar-refractivity contribution in [2.24, 2.45) is 0 Å². The zero-order valence-corrected chi connectivity index (χ0v) is 15.7. The lowest BCUT2D eigenvalue weighted by Gasteiger charge is -2.10. The maximum absolute atomic E-state index is 12.3. The first-order chi connectivity index (χ1) is 12.6. The quantitative estimate of drug-likeness (QED) is 0.666. The van der Waals surface area contributed by atoms with E-state index in [-0.39, 0.29) is 5.91 Å². The molecule has 0 atom stereocenters. The zero-order chi connectivity index (χ0) is 18.1. The highest BCUT2D eigenvalue weighted by Crippen LogP contribution is 2.32. The second kappa shape index (κ2) is 6.92. The van der Waals surface area contributed by atoms with E-state index in [1.54, 1.807) is 11.3 Å². The predicted octanol–water partition coefficient (Wildman–Crippen LogP) is 5.06. The lowest BCUT2D eigenvalue weighted by atomic mass is 10.1. The summed E-state index contributed by atoms with van der Waals surface area (Å²) >= 11 is 1.62. The van der Waals surface area contributed by atoms with E-state index >= 15 is 0 Å². The molecule has 5 heteroatoms. The molecule has 1 aromatic heterocycles. The van der Waals surface area contributed by atoms with E-state index in [9.17, 15) is 4.79 Å². The SMILES string of the molecule is Cc1ccc(C(=O)NC2CC2)cc1Nc1nc(-c2ccccc2)c(C)s1. The Morgan fingerprint density at radius 2 is 1.88 bits per heavy atom. The highest BCUT2D eigenvalue weighted by atomic mass is 32.1. The fourth-order valence-corrected chi connectivity index (χ4v) is 3.67. The Morgan fingerprint density at radius 1 is 1.12 bits per heavy atom. The Bertz CT molecular complexity index is 945. The molecule has 0 saturated heterocycles. The van der Waals surface area contributed by atoms with Crippen molar-refractivity contribution in [2.75, 3.05) is 5.32 Å². The predicted molar refractivity (Wildman–Crippen MR) is 107 cm³/mol. The maximum atomic E-state index is 12.3. The Labute approximate surface area is 157 Å². The van der Waals surface area contributed by atoms with Crippen molar-refractivity contribution in [1.29, 1.82) is 0 Å². The minimum absolute atomic E-state index is 0.00385. The summed E-state index contributed by atoms with van der Waals surface area (Å²) in [6.45, 7) is 4.11. The summed E-state index contributed by atoms with van der Waals surface area (Å²) in [6, 6.07) is 16.3. The molecule has 0 aliphatic heterocycles. The number of anilines is 2. The molecule has 1 saturated carbocycles. The van der Waals surface area contributed by atoms with Gasteiger partial charge >= 0.3 is 0 Å². The number of rotatable bonds is 5. The molecule has 1 aliphatic rings. The van der Waals surface area contributed by atoms with Gasteiger partial charge in [0.15, 0.2) is 5.13 Å². The Kier molecular flexibility index (Phi) is 4.47. The summed E-state index contributed by atoms with van der Waals surface area (Å²) in [4.78, 5) is 18.2. The number of carbonyl (C=O) groups is 1. The average molecular weight is 363 g/mol. The van der Waals surface area contributed by atoms with Crippen molar-refractivity contribution in [1.82, 2.24) is 10.3 Å². The van der Waals surface area contributed by atoms with Crippen LogP contribution in [0.3, 0.4) is 0 Å². The summed E-state index contributed by atoms with van der Waals surface area (Å²) < 4.78 is 0. The second-order valence-corrected chi connectivity index (χ2v) is 7.90. The number of benzene rings is 2. The minimum atomic E-state index is -0.00385. The van der Waals surface area contributed by atoms with Crippen LogP contribution in [0, 0.1) is 13.8 Å². The summed E-state index contributed by atoms with van der Waals surface area (Å²) in [5.41, 5.74) is 4.80. The van der Waals surface area contributed by atoms with Gasteiger partial charge in [-0.05, 0) is 44.4 Å². The van der Waals surface area contributed by atoms with Crippen LogP contribution in [0.4, 0.5) is 10.8 Å². The molecule has 1 heterocycles. The zero-order valence-electron chi connectivity index (χ0n) is 14.9. The third kappa shape index (κ3) is 3.63. The number of nitrogens with one attached hydrogen (secondary N) is 2. The van der Waals surface area contributed by atoms with Crippen LogP contribution in [0.5, 0.6) is 0 Å². The van der Waals surface area contributed by atoms with Crippen molar-refractivity contribution in [3.8, 4) is 11.3 Å². The number of hydrogen-bond acceptors (Lipinski definition) is 4. The standard InChI is InChI=1S/C21H21N3OS/c1-13-8-9-16(20(25)22-17-10-11-17)12-18(13)23-21-24-19(14(2)26-21)15-6-4-3-5-7-15/h3-9,12,17H,10-11H2,1-2H3,(H,22,25)(H,23,24). The van der Waals surface area contributed by atoms with Crippen LogP contribution in [-0.4, -0.2) is 16.9 Å². The number of amides is 1. The van der Waals surface area contributed by atoms with Crippen LogP contribution in [0.25, 0.3) is 11.3 Å². The Hall–Kier alpha value is -2.66. The maximum Gasteiger partial charge on any atom is 0.251 e. The summed E-state index contributed by atoms with van der Waals surface area (Å²) in [6.07, 6.45) is 2.17. The van der Waals surface area contributed by atoms with E-state index in [1.165, 1.54) is 4.88 Å². The topological polar surface area (TPSA) is 54.0 Å². The van der Waals surface area contributed by atoms with Crippen LogP contribution < -0.4 is 10.6 Å². The van der Waals surface area contributed by atoms with Gasteiger partial charge in [-0.25, -0.2) is 4.98 Å². The van der Waals surface area contributed by atoms with Crippen molar-refractivity contribution in [2.45, 2.75) is 32.7 Å².